The SMILES string of the molecule is CCCCC[C@H](O)/C=C/[C@H]1C(=O)C=C[C@@H]1C/C=C\CCCCCC(=O)O. The van der Waals surface area contributed by atoms with Crippen molar-refractivity contribution in [2.75, 3.05) is 0 Å². The van der Waals surface area contributed by atoms with Crippen LogP contribution in [0.2, 0.25) is 0 Å². The second-order valence-corrected chi connectivity index (χ2v) is 7.10. The largest absolute Gasteiger partial charge is 0.481 e. The van der Waals surface area contributed by atoms with E-state index >= 15 is 0 Å². The summed E-state index contributed by atoms with van der Waals surface area (Å²) in [5, 5.41) is 18.6. The van der Waals surface area contributed by atoms with E-state index in [0.29, 0.717) is 0 Å². The molecule has 0 fully saturated rings. The van der Waals surface area contributed by atoms with Crippen LogP contribution in [0.15, 0.2) is 36.5 Å². The Bertz CT molecular complexity index is 504. The number of carbonyl (C=O) groups excluding carboxylic acids is 1. The molecule has 146 valence electrons. The highest BCUT2D eigenvalue weighted by Gasteiger charge is 2.26. The van der Waals surface area contributed by atoms with Gasteiger partial charge in [0.25, 0.3) is 0 Å². The zero-order chi connectivity index (χ0) is 19.2. The van der Waals surface area contributed by atoms with Crippen molar-refractivity contribution in [1.82, 2.24) is 0 Å². The zero-order valence-electron chi connectivity index (χ0n) is 16.0. The number of unbranched alkanes of at least 4 members (excludes halogenated alkanes) is 5. The summed E-state index contributed by atoms with van der Waals surface area (Å²) >= 11 is 0. The molecule has 0 saturated heterocycles. The Hall–Kier alpha value is -1.68. The first kappa shape index (κ1) is 22.4. The molecule has 0 unspecified atom stereocenters. The number of aliphatic carboxylic acids is 1. The maximum atomic E-state index is 12.0. The topological polar surface area (TPSA) is 74.6 Å². The van der Waals surface area contributed by atoms with Crippen LogP contribution in [0.3, 0.4) is 0 Å². The predicted molar refractivity (Wildman–Crippen MR) is 105 cm³/mol. The third-order valence-corrected chi connectivity index (χ3v) is 4.78. The Morgan fingerprint density at radius 2 is 2.00 bits per heavy atom. The van der Waals surface area contributed by atoms with Gasteiger partial charge in [0.1, 0.15) is 0 Å². The molecule has 0 aliphatic heterocycles. The second kappa shape index (κ2) is 13.5. The molecule has 4 heteroatoms. The van der Waals surface area contributed by atoms with Crippen LogP contribution in [0.5, 0.6) is 0 Å². The molecule has 2 N–H and O–H groups in total. The van der Waals surface area contributed by atoms with E-state index in [2.05, 4.69) is 19.1 Å². The standard InChI is InChI=1S/C22H34O4/c1-2-3-8-12-19(23)15-16-20-18(14-17-21(20)24)11-9-6-4-5-7-10-13-22(25)26/h6,9,14-20,23H,2-5,7-8,10-13H2,1H3,(H,25,26)/b9-6-,16-15+/t18-,19-,20+/m0/s1. The average Bonchev–Trinajstić information content (AvgIpc) is 2.95. The van der Waals surface area contributed by atoms with E-state index in [9.17, 15) is 14.7 Å². The number of carboxylic acid groups (broad SMARTS) is 1. The Kier molecular flexibility index (Phi) is 11.6. The molecule has 0 aromatic carbocycles. The monoisotopic (exact) mass is 362 g/mol. The Balaban J connectivity index is 2.29. The average molecular weight is 363 g/mol. The number of aliphatic hydroxyl groups excluding tert-OH is 1. The highest BCUT2D eigenvalue weighted by atomic mass is 16.4. The molecular weight excluding hydrogens is 328 g/mol. The summed E-state index contributed by atoms with van der Waals surface area (Å²) in [5.41, 5.74) is 0. The fourth-order valence-corrected chi connectivity index (χ4v) is 3.16. The molecule has 0 radical (unpaired) electrons. The third kappa shape index (κ3) is 9.71. The van der Waals surface area contributed by atoms with Gasteiger partial charge in [0.2, 0.25) is 0 Å². The van der Waals surface area contributed by atoms with Gasteiger partial charge < -0.3 is 10.2 Å². The van der Waals surface area contributed by atoms with Gasteiger partial charge in [0.15, 0.2) is 5.78 Å². The van der Waals surface area contributed by atoms with Gasteiger partial charge in [-0.25, -0.2) is 0 Å². The molecule has 0 heterocycles. The van der Waals surface area contributed by atoms with Crippen molar-refractivity contribution >= 4 is 11.8 Å². The summed E-state index contributed by atoms with van der Waals surface area (Å²) in [6.07, 6.45) is 19.8. The van der Waals surface area contributed by atoms with Gasteiger partial charge in [-0.2, -0.15) is 0 Å². The van der Waals surface area contributed by atoms with E-state index < -0.39 is 12.1 Å². The van der Waals surface area contributed by atoms with Crippen molar-refractivity contribution in [3.63, 3.8) is 0 Å². The minimum atomic E-state index is -0.729. The highest BCUT2D eigenvalue weighted by molar-refractivity contribution is 5.95. The molecule has 0 spiro atoms. The summed E-state index contributed by atoms with van der Waals surface area (Å²) in [7, 11) is 0. The van der Waals surface area contributed by atoms with Crippen molar-refractivity contribution in [1.29, 1.82) is 0 Å². The number of hydrogen-bond donors (Lipinski definition) is 2. The van der Waals surface area contributed by atoms with Crippen molar-refractivity contribution in [2.24, 2.45) is 11.8 Å². The van der Waals surface area contributed by atoms with E-state index in [1.165, 1.54) is 0 Å². The number of carbonyl (C=O) groups is 2. The van der Waals surface area contributed by atoms with Crippen molar-refractivity contribution in [3.05, 3.63) is 36.5 Å². The molecule has 1 aliphatic rings. The number of hydrogen-bond acceptors (Lipinski definition) is 3. The molecule has 0 bridgehead atoms. The van der Waals surface area contributed by atoms with Crippen LogP contribution in [0.4, 0.5) is 0 Å². The summed E-state index contributed by atoms with van der Waals surface area (Å²) in [5.74, 6) is -0.595. The Morgan fingerprint density at radius 3 is 2.73 bits per heavy atom. The molecule has 4 nitrogen and oxygen atoms in total. The van der Waals surface area contributed by atoms with E-state index in [4.69, 9.17) is 5.11 Å². The molecule has 0 amide bonds. The first-order valence-corrected chi connectivity index (χ1v) is 9.99. The van der Waals surface area contributed by atoms with Crippen LogP contribution in [-0.4, -0.2) is 28.1 Å². The van der Waals surface area contributed by atoms with Gasteiger partial charge >= 0.3 is 5.97 Å². The number of allylic oxidation sites excluding steroid dienone is 5. The lowest BCUT2D eigenvalue weighted by Gasteiger charge is -2.13. The van der Waals surface area contributed by atoms with Crippen molar-refractivity contribution < 1.29 is 19.8 Å². The first-order valence-electron chi connectivity index (χ1n) is 9.99. The molecule has 0 aromatic heterocycles. The van der Waals surface area contributed by atoms with E-state index in [1.54, 1.807) is 12.2 Å². The molecule has 1 aliphatic carbocycles. The Labute approximate surface area is 157 Å². The zero-order valence-corrected chi connectivity index (χ0v) is 16.0. The predicted octanol–water partition coefficient (Wildman–Crippen LogP) is 4.84. The molecule has 26 heavy (non-hydrogen) atoms. The fourth-order valence-electron chi connectivity index (χ4n) is 3.16. The number of rotatable bonds is 14. The van der Waals surface area contributed by atoms with E-state index in [0.717, 1.165) is 57.8 Å². The maximum Gasteiger partial charge on any atom is 0.303 e. The Morgan fingerprint density at radius 1 is 1.19 bits per heavy atom. The van der Waals surface area contributed by atoms with E-state index in [1.807, 2.05) is 12.2 Å². The lowest BCUT2D eigenvalue weighted by atomic mass is 9.90. The second-order valence-electron chi connectivity index (χ2n) is 7.10. The summed E-state index contributed by atoms with van der Waals surface area (Å²) in [6, 6.07) is 0. The highest BCUT2D eigenvalue weighted by Crippen LogP contribution is 2.27. The lowest BCUT2D eigenvalue weighted by molar-refractivity contribution is -0.137. The molecule has 0 aromatic rings. The van der Waals surface area contributed by atoms with E-state index in [-0.39, 0.29) is 24.0 Å². The smallest absolute Gasteiger partial charge is 0.303 e. The van der Waals surface area contributed by atoms with Crippen LogP contribution in [0, 0.1) is 11.8 Å². The van der Waals surface area contributed by atoms with Gasteiger partial charge in [-0.3, -0.25) is 9.59 Å². The first-order chi connectivity index (χ1) is 12.5. The molecule has 0 saturated carbocycles. The van der Waals surface area contributed by atoms with Crippen LogP contribution < -0.4 is 0 Å². The van der Waals surface area contributed by atoms with Crippen LogP contribution in [0.1, 0.15) is 71.1 Å². The van der Waals surface area contributed by atoms with Gasteiger partial charge in [-0.05, 0) is 44.1 Å². The van der Waals surface area contributed by atoms with Crippen molar-refractivity contribution in [3.8, 4) is 0 Å². The minimum Gasteiger partial charge on any atom is -0.481 e. The number of carboxylic acids is 1. The van der Waals surface area contributed by atoms with Gasteiger partial charge in [0, 0.05) is 12.3 Å². The van der Waals surface area contributed by atoms with Gasteiger partial charge in [-0.15, -0.1) is 0 Å². The van der Waals surface area contributed by atoms with Gasteiger partial charge in [0.05, 0.1) is 6.10 Å². The minimum absolute atomic E-state index is 0.120. The summed E-state index contributed by atoms with van der Waals surface area (Å²) < 4.78 is 0. The molecule has 1 rings (SSSR count). The maximum absolute atomic E-state index is 12.0. The normalized spacial score (nSPS) is 21.2. The number of ketones is 1. The number of aliphatic hydroxyl groups is 1. The quantitative estimate of drug-likeness (QED) is 0.343. The molecule has 3 atom stereocenters. The summed E-state index contributed by atoms with van der Waals surface area (Å²) in [6.45, 7) is 2.14. The van der Waals surface area contributed by atoms with Crippen LogP contribution in [-0.2, 0) is 9.59 Å². The lowest BCUT2D eigenvalue weighted by Crippen LogP contribution is -2.14. The fraction of sp³-hybridized carbons (Fsp3) is 0.636. The van der Waals surface area contributed by atoms with Crippen molar-refractivity contribution in [2.45, 2.75) is 77.2 Å². The molecular formula is C22H34O4. The van der Waals surface area contributed by atoms with Gasteiger partial charge in [-0.1, -0.05) is 63.0 Å². The third-order valence-electron chi connectivity index (χ3n) is 4.78. The summed E-state index contributed by atoms with van der Waals surface area (Å²) in [4.78, 5) is 22.5. The van der Waals surface area contributed by atoms with Crippen LogP contribution >= 0.6 is 0 Å². The van der Waals surface area contributed by atoms with Crippen LogP contribution in [0.25, 0.3) is 0 Å².